The van der Waals surface area contributed by atoms with Gasteiger partial charge in [0, 0.05) is 41.5 Å². The molecular formula is C26H30N6. The first kappa shape index (κ1) is 20.7. The normalized spacial score (nSPS) is 18.5. The smallest absolute Gasteiger partial charge is 0.157 e. The lowest BCUT2D eigenvalue weighted by Gasteiger charge is -2.49. The molecule has 1 atom stereocenters. The van der Waals surface area contributed by atoms with E-state index in [0.717, 1.165) is 46.5 Å². The molecule has 6 nitrogen and oxygen atoms in total. The van der Waals surface area contributed by atoms with Crippen LogP contribution in [0.15, 0.2) is 36.4 Å². The van der Waals surface area contributed by atoms with Crippen LogP contribution in [0.2, 0.25) is 0 Å². The molecule has 1 aromatic heterocycles. The average molecular weight is 427 g/mol. The number of anilines is 2. The Labute approximate surface area is 189 Å². The van der Waals surface area contributed by atoms with Crippen LogP contribution in [-0.4, -0.2) is 48.3 Å². The minimum absolute atomic E-state index is 0.00784. The number of rotatable bonds is 4. The van der Waals surface area contributed by atoms with Crippen molar-refractivity contribution in [3.8, 4) is 6.07 Å². The second-order valence-electron chi connectivity index (χ2n) is 9.71. The second kappa shape index (κ2) is 7.75. The molecule has 1 spiro atoms. The molecule has 32 heavy (non-hydrogen) atoms. The zero-order valence-electron chi connectivity index (χ0n) is 19.3. The number of nitrogens with zero attached hydrogens (tertiary/aromatic N) is 5. The van der Waals surface area contributed by atoms with Gasteiger partial charge < -0.3 is 15.1 Å². The molecule has 2 saturated heterocycles. The van der Waals surface area contributed by atoms with Gasteiger partial charge in [-0.15, -0.1) is 5.10 Å². The van der Waals surface area contributed by atoms with Crippen LogP contribution in [0.3, 0.4) is 0 Å². The molecule has 1 unspecified atom stereocenters. The number of benzene rings is 2. The first-order chi connectivity index (χ1) is 15.4. The van der Waals surface area contributed by atoms with Crippen molar-refractivity contribution >= 4 is 22.3 Å². The van der Waals surface area contributed by atoms with Crippen LogP contribution < -0.4 is 10.2 Å². The fraction of sp³-hybridized carbons (Fsp3) is 0.423. The van der Waals surface area contributed by atoms with Crippen molar-refractivity contribution in [2.24, 2.45) is 5.41 Å². The molecule has 0 bridgehead atoms. The SMILES string of the molecule is Cc1c(C#N)cccc1C(C)Nc1nnc(C)c2ccc(N3CC4(CCN(C)C4)C3)cc12. The van der Waals surface area contributed by atoms with Gasteiger partial charge >= 0.3 is 0 Å². The highest BCUT2D eigenvalue weighted by Gasteiger charge is 2.46. The quantitative estimate of drug-likeness (QED) is 0.666. The van der Waals surface area contributed by atoms with E-state index in [0.29, 0.717) is 11.0 Å². The molecule has 0 saturated carbocycles. The second-order valence-corrected chi connectivity index (χ2v) is 9.71. The zero-order chi connectivity index (χ0) is 22.5. The van der Waals surface area contributed by atoms with Crippen molar-refractivity contribution in [1.29, 1.82) is 5.26 Å². The van der Waals surface area contributed by atoms with Crippen LogP contribution in [-0.2, 0) is 0 Å². The molecule has 2 aliphatic heterocycles. The third kappa shape index (κ3) is 3.47. The summed E-state index contributed by atoms with van der Waals surface area (Å²) in [5, 5.41) is 24.1. The number of aromatic nitrogens is 2. The molecule has 2 aliphatic rings. The summed E-state index contributed by atoms with van der Waals surface area (Å²) in [6.45, 7) is 10.8. The lowest BCUT2D eigenvalue weighted by atomic mass is 9.78. The summed E-state index contributed by atoms with van der Waals surface area (Å²) < 4.78 is 0. The van der Waals surface area contributed by atoms with Crippen molar-refractivity contribution in [3.05, 3.63) is 58.8 Å². The van der Waals surface area contributed by atoms with Gasteiger partial charge in [-0.25, -0.2) is 0 Å². The van der Waals surface area contributed by atoms with Crippen molar-refractivity contribution in [3.63, 3.8) is 0 Å². The predicted octanol–water partition coefficient (Wildman–Crippen LogP) is 4.43. The van der Waals surface area contributed by atoms with E-state index in [1.165, 1.54) is 25.2 Å². The van der Waals surface area contributed by atoms with Crippen LogP contribution in [0.25, 0.3) is 10.8 Å². The Hall–Kier alpha value is -3.17. The zero-order valence-corrected chi connectivity index (χ0v) is 19.3. The highest BCUT2D eigenvalue weighted by molar-refractivity contribution is 5.95. The summed E-state index contributed by atoms with van der Waals surface area (Å²) in [5.41, 5.74) is 5.48. The van der Waals surface area contributed by atoms with Gasteiger partial charge in [0.15, 0.2) is 5.82 Å². The summed E-state index contributed by atoms with van der Waals surface area (Å²) in [5.74, 6) is 0.789. The maximum absolute atomic E-state index is 9.39. The van der Waals surface area contributed by atoms with Crippen LogP contribution in [0.4, 0.5) is 11.5 Å². The van der Waals surface area contributed by atoms with E-state index in [9.17, 15) is 5.26 Å². The van der Waals surface area contributed by atoms with Gasteiger partial charge in [0.25, 0.3) is 0 Å². The Bertz CT molecular complexity index is 1220. The molecule has 2 fully saturated rings. The first-order valence-electron chi connectivity index (χ1n) is 11.4. The fourth-order valence-corrected chi connectivity index (χ4v) is 5.47. The Kier molecular flexibility index (Phi) is 5.02. The Balaban J connectivity index is 1.44. The van der Waals surface area contributed by atoms with Crippen molar-refractivity contribution in [1.82, 2.24) is 15.1 Å². The maximum Gasteiger partial charge on any atom is 0.157 e. The number of nitrogens with one attached hydrogen (secondary N) is 1. The summed E-state index contributed by atoms with van der Waals surface area (Å²) in [6.07, 6.45) is 1.30. The van der Waals surface area contributed by atoms with Crippen molar-refractivity contribution in [2.45, 2.75) is 33.2 Å². The lowest BCUT2D eigenvalue weighted by molar-refractivity contribution is 0.218. The van der Waals surface area contributed by atoms with Crippen LogP contribution in [0, 0.1) is 30.6 Å². The van der Waals surface area contributed by atoms with Gasteiger partial charge in [-0.1, -0.05) is 18.2 Å². The molecule has 3 heterocycles. The van der Waals surface area contributed by atoms with E-state index < -0.39 is 0 Å². The number of fused-ring (bicyclic) bond motifs is 1. The van der Waals surface area contributed by atoms with E-state index in [1.54, 1.807) is 0 Å². The number of aryl methyl sites for hydroxylation is 1. The third-order valence-electron chi connectivity index (χ3n) is 7.31. The van der Waals surface area contributed by atoms with E-state index >= 15 is 0 Å². The summed E-state index contributed by atoms with van der Waals surface area (Å²) in [4.78, 5) is 4.94. The molecule has 2 aromatic carbocycles. The fourth-order valence-electron chi connectivity index (χ4n) is 5.47. The lowest BCUT2D eigenvalue weighted by Crippen LogP contribution is -2.57. The van der Waals surface area contributed by atoms with Crippen molar-refractivity contribution in [2.75, 3.05) is 43.4 Å². The summed E-state index contributed by atoms with van der Waals surface area (Å²) >= 11 is 0. The monoisotopic (exact) mass is 426 g/mol. The van der Waals surface area contributed by atoms with E-state index in [-0.39, 0.29) is 6.04 Å². The molecule has 0 aliphatic carbocycles. The molecule has 3 aromatic rings. The number of hydrogen-bond acceptors (Lipinski definition) is 6. The molecular weight excluding hydrogens is 396 g/mol. The maximum atomic E-state index is 9.39. The highest BCUT2D eigenvalue weighted by Crippen LogP contribution is 2.42. The first-order valence-corrected chi connectivity index (χ1v) is 11.4. The molecule has 0 radical (unpaired) electrons. The van der Waals surface area contributed by atoms with E-state index in [4.69, 9.17) is 0 Å². The van der Waals surface area contributed by atoms with E-state index in [1.807, 2.05) is 26.0 Å². The van der Waals surface area contributed by atoms with Gasteiger partial charge in [-0.05, 0) is 70.1 Å². The molecule has 0 amide bonds. The van der Waals surface area contributed by atoms with E-state index in [2.05, 4.69) is 69.6 Å². The van der Waals surface area contributed by atoms with Gasteiger partial charge in [0.05, 0.1) is 23.4 Å². The standard InChI is InChI=1S/C26H30N6/c1-17-20(13-27)6-5-7-22(17)18(2)28-25-24-12-21(8-9-23(24)19(3)29-30-25)32-15-26(16-32)10-11-31(4)14-26/h5-9,12,18H,10-11,14-16H2,1-4H3,(H,28,30). The van der Waals surface area contributed by atoms with Crippen molar-refractivity contribution < 1.29 is 0 Å². The molecule has 6 heteroatoms. The predicted molar refractivity (Wildman–Crippen MR) is 129 cm³/mol. The Morgan fingerprint density at radius 3 is 2.62 bits per heavy atom. The number of hydrogen-bond donors (Lipinski definition) is 1. The van der Waals surface area contributed by atoms with Gasteiger partial charge in [0.2, 0.25) is 0 Å². The summed E-state index contributed by atoms with van der Waals surface area (Å²) in [6, 6.07) is 14.8. The molecule has 5 rings (SSSR count). The van der Waals surface area contributed by atoms with Crippen LogP contribution in [0.5, 0.6) is 0 Å². The molecule has 1 N–H and O–H groups in total. The van der Waals surface area contributed by atoms with Gasteiger partial charge in [-0.3, -0.25) is 0 Å². The van der Waals surface area contributed by atoms with Crippen LogP contribution in [0.1, 0.15) is 41.8 Å². The highest BCUT2D eigenvalue weighted by atomic mass is 15.3. The third-order valence-corrected chi connectivity index (χ3v) is 7.31. The number of nitriles is 1. The Morgan fingerprint density at radius 1 is 1.09 bits per heavy atom. The summed E-state index contributed by atoms with van der Waals surface area (Å²) in [7, 11) is 2.22. The van der Waals surface area contributed by atoms with Gasteiger partial charge in [0.1, 0.15) is 0 Å². The largest absolute Gasteiger partial charge is 0.370 e. The minimum atomic E-state index is 0.00784. The van der Waals surface area contributed by atoms with Gasteiger partial charge in [-0.2, -0.15) is 10.4 Å². The average Bonchev–Trinajstić information content (AvgIpc) is 3.16. The Morgan fingerprint density at radius 2 is 1.91 bits per heavy atom. The number of likely N-dealkylation sites (tertiary alicyclic amines) is 1. The molecule has 164 valence electrons. The topological polar surface area (TPSA) is 68.1 Å². The minimum Gasteiger partial charge on any atom is -0.370 e. The van der Waals surface area contributed by atoms with Crippen LogP contribution >= 0.6 is 0 Å².